The lowest BCUT2D eigenvalue weighted by Gasteiger charge is -2.34. The maximum absolute atomic E-state index is 14.7. The molecule has 0 spiro atoms. The van der Waals surface area contributed by atoms with Gasteiger partial charge >= 0.3 is 0 Å². The first kappa shape index (κ1) is 27.3. The van der Waals surface area contributed by atoms with Gasteiger partial charge in [-0.25, -0.2) is 0 Å². The second-order valence-electron chi connectivity index (χ2n) is 12.4. The lowest BCUT2D eigenvalue weighted by Crippen LogP contribution is -2.32. The first-order valence-electron chi connectivity index (χ1n) is 16.0. The van der Waals surface area contributed by atoms with Gasteiger partial charge < -0.3 is 4.90 Å². The number of carbonyl (C=O) groups is 2. The molecule has 2 aliphatic rings. The highest BCUT2D eigenvalue weighted by molar-refractivity contribution is 6.40. The zero-order valence-corrected chi connectivity index (χ0v) is 25.8. The molecule has 0 N–H and O–H groups in total. The zero-order chi connectivity index (χ0) is 31.6. The molecule has 222 valence electrons. The molecule has 1 unspecified atom stereocenters. The fourth-order valence-electron chi connectivity index (χ4n) is 7.62. The van der Waals surface area contributed by atoms with Crippen LogP contribution in [0.5, 0.6) is 0 Å². The van der Waals surface area contributed by atoms with E-state index in [1.807, 2.05) is 65.6 Å². The Hall–Kier alpha value is -6.06. The van der Waals surface area contributed by atoms with Crippen LogP contribution in [0.15, 0.2) is 140 Å². The number of benzene rings is 7. The number of ketones is 1. The monoisotopic (exact) mass is 603 g/mol. The Morgan fingerprint density at radius 3 is 1.66 bits per heavy atom. The molecular formula is C44H29NO2. The first-order valence-corrected chi connectivity index (χ1v) is 16.0. The predicted molar refractivity (Wildman–Crippen MR) is 194 cm³/mol. The van der Waals surface area contributed by atoms with Gasteiger partial charge in [-0.15, -0.1) is 0 Å². The van der Waals surface area contributed by atoms with Gasteiger partial charge in [0.25, 0.3) is 5.91 Å². The molecule has 1 atom stereocenters. The molecule has 1 aliphatic carbocycles. The molecule has 7 aromatic rings. The fourth-order valence-corrected chi connectivity index (χ4v) is 7.62. The minimum absolute atomic E-state index is 0.115. The van der Waals surface area contributed by atoms with Crippen LogP contribution in [0, 0.1) is 0 Å². The average Bonchev–Trinajstić information content (AvgIpc) is 3.27. The van der Waals surface area contributed by atoms with Crippen molar-refractivity contribution in [1.82, 2.24) is 4.90 Å². The van der Waals surface area contributed by atoms with Gasteiger partial charge in [-0.1, -0.05) is 133 Å². The molecule has 0 aromatic heterocycles. The fraction of sp³-hybridized carbons (Fsp3) is 0.0455. The summed E-state index contributed by atoms with van der Waals surface area (Å²) in [6, 6.07) is 43.4. The third-order valence-corrected chi connectivity index (χ3v) is 9.82. The van der Waals surface area contributed by atoms with Crippen LogP contribution in [-0.4, -0.2) is 16.6 Å². The van der Waals surface area contributed by atoms with E-state index in [4.69, 9.17) is 0 Å². The van der Waals surface area contributed by atoms with E-state index in [1.54, 1.807) is 12.2 Å². The molecule has 1 aliphatic heterocycles. The summed E-state index contributed by atoms with van der Waals surface area (Å²) in [4.78, 5) is 31.0. The Kier molecular flexibility index (Phi) is 6.09. The second-order valence-corrected chi connectivity index (χ2v) is 12.4. The van der Waals surface area contributed by atoms with E-state index in [0.29, 0.717) is 11.3 Å². The Morgan fingerprint density at radius 2 is 1.00 bits per heavy atom. The molecule has 1 amide bonds. The normalized spacial score (nSPS) is 16.6. The number of fused-ring (bicyclic) bond motifs is 10. The van der Waals surface area contributed by atoms with E-state index in [-0.39, 0.29) is 17.7 Å². The lowest BCUT2D eigenvalue weighted by molar-refractivity contribution is -0.124. The van der Waals surface area contributed by atoms with Crippen molar-refractivity contribution in [2.24, 2.45) is 0 Å². The number of hydrogen-bond acceptors (Lipinski definition) is 2. The summed E-state index contributed by atoms with van der Waals surface area (Å²) >= 11 is 0. The Labute approximate surface area is 272 Å². The van der Waals surface area contributed by atoms with Crippen LogP contribution in [0.3, 0.4) is 0 Å². The highest BCUT2D eigenvalue weighted by Gasteiger charge is 2.36. The van der Waals surface area contributed by atoms with Crippen molar-refractivity contribution in [2.75, 3.05) is 0 Å². The van der Waals surface area contributed by atoms with Gasteiger partial charge in [-0.2, -0.15) is 0 Å². The van der Waals surface area contributed by atoms with Crippen molar-refractivity contribution in [2.45, 2.75) is 13.0 Å². The summed E-state index contributed by atoms with van der Waals surface area (Å²) < 4.78 is 0. The summed E-state index contributed by atoms with van der Waals surface area (Å²) in [5, 5.41) is 8.51. The highest BCUT2D eigenvalue weighted by atomic mass is 16.2. The number of allylic oxidation sites excluding steroid dienone is 2. The number of nitrogens with zero attached hydrogens (tertiary/aromatic N) is 1. The van der Waals surface area contributed by atoms with E-state index in [1.165, 1.54) is 0 Å². The predicted octanol–water partition coefficient (Wildman–Crippen LogP) is 10.4. The lowest BCUT2D eigenvalue weighted by atomic mass is 9.81. The smallest absolute Gasteiger partial charge is 0.251 e. The van der Waals surface area contributed by atoms with Crippen LogP contribution in [0.4, 0.5) is 0 Å². The van der Waals surface area contributed by atoms with Crippen LogP contribution < -0.4 is 0 Å². The van der Waals surface area contributed by atoms with Gasteiger partial charge in [-0.3, -0.25) is 9.59 Å². The summed E-state index contributed by atoms with van der Waals surface area (Å²) in [5.41, 5.74) is 5.80. The van der Waals surface area contributed by atoms with Gasteiger partial charge in [0.15, 0.2) is 5.78 Å². The molecule has 3 heteroatoms. The van der Waals surface area contributed by atoms with Crippen LogP contribution in [0.25, 0.3) is 66.5 Å². The van der Waals surface area contributed by atoms with Crippen molar-refractivity contribution in [3.8, 4) is 0 Å². The third-order valence-electron chi connectivity index (χ3n) is 9.82. The molecule has 3 nitrogen and oxygen atoms in total. The molecule has 1 heterocycles. The molecule has 0 saturated heterocycles. The van der Waals surface area contributed by atoms with Gasteiger partial charge in [0.05, 0.1) is 17.3 Å². The average molecular weight is 604 g/mol. The van der Waals surface area contributed by atoms with Crippen molar-refractivity contribution >= 4 is 78.2 Å². The van der Waals surface area contributed by atoms with Gasteiger partial charge in [0.2, 0.25) is 0 Å². The topological polar surface area (TPSA) is 37.4 Å². The third kappa shape index (κ3) is 4.13. The zero-order valence-electron chi connectivity index (χ0n) is 25.8. The molecular weight excluding hydrogens is 574 g/mol. The molecule has 0 radical (unpaired) electrons. The summed E-state index contributed by atoms with van der Waals surface area (Å²) in [6.45, 7) is 2.05. The molecule has 47 heavy (non-hydrogen) atoms. The number of hydrogen-bond donors (Lipinski definition) is 0. The van der Waals surface area contributed by atoms with Crippen LogP contribution in [-0.2, 0) is 9.59 Å². The van der Waals surface area contributed by atoms with E-state index < -0.39 is 0 Å². The van der Waals surface area contributed by atoms with Crippen LogP contribution in [0.1, 0.15) is 40.8 Å². The number of rotatable bonds is 2. The minimum atomic E-state index is -0.360. The van der Waals surface area contributed by atoms with Gasteiger partial charge in [0, 0.05) is 17.2 Å². The van der Waals surface area contributed by atoms with Crippen molar-refractivity contribution in [1.29, 1.82) is 0 Å². The Balaban J connectivity index is 1.52. The van der Waals surface area contributed by atoms with Gasteiger partial charge in [-0.05, 0) is 78.9 Å². The quantitative estimate of drug-likeness (QED) is 0.146. The van der Waals surface area contributed by atoms with E-state index >= 15 is 0 Å². The maximum Gasteiger partial charge on any atom is 0.251 e. The summed E-state index contributed by atoms with van der Waals surface area (Å²) in [6.07, 6.45) is 7.16. The Bertz CT molecular complexity index is 2570. The van der Waals surface area contributed by atoms with Crippen LogP contribution in [0.2, 0.25) is 0 Å². The van der Waals surface area contributed by atoms with E-state index in [2.05, 4.69) is 85.8 Å². The molecule has 0 saturated carbocycles. The molecule has 9 rings (SSSR count). The van der Waals surface area contributed by atoms with Gasteiger partial charge in [0.1, 0.15) is 0 Å². The standard InChI is InChI=1S/C44H29NO2/c1-27(28-9-3-2-4-10-28)45-38(47)26-24-34-22-20-32-18-16-30-12-6-8-14-36(30)40(32)42(34)44(45)43-37(46)25-23-33-21-19-31-17-15-29-11-5-7-13-35(29)39(31)41(33)43/h2-27H,1H3/b44-43-. The molecule has 7 aromatic carbocycles. The Morgan fingerprint density at radius 1 is 0.489 bits per heavy atom. The summed E-state index contributed by atoms with van der Waals surface area (Å²) in [5.74, 6) is -0.279. The summed E-state index contributed by atoms with van der Waals surface area (Å²) in [7, 11) is 0. The first-order chi connectivity index (χ1) is 23.1. The highest BCUT2D eigenvalue weighted by Crippen LogP contribution is 2.48. The van der Waals surface area contributed by atoms with Crippen molar-refractivity contribution in [3.05, 3.63) is 167 Å². The van der Waals surface area contributed by atoms with Crippen molar-refractivity contribution in [3.63, 3.8) is 0 Å². The SMILES string of the molecule is CC(c1ccccc1)N1C(=O)C=Cc2ccc3ccc4ccccc4c3c2/C1=C1\C(=O)C=Cc2ccc3ccc4ccccc4c3c21. The second kappa shape index (κ2) is 10.5. The number of amides is 1. The van der Waals surface area contributed by atoms with E-state index in [9.17, 15) is 9.59 Å². The minimum Gasteiger partial charge on any atom is -0.300 e. The molecule has 0 bridgehead atoms. The largest absolute Gasteiger partial charge is 0.300 e. The van der Waals surface area contributed by atoms with E-state index in [0.717, 1.165) is 70.9 Å². The molecule has 0 fully saturated rings. The van der Waals surface area contributed by atoms with Crippen LogP contribution >= 0.6 is 0 Å². The number of carbonyl (C=O) groups excluding carboxylic acids is 2. The van der Waals surface area contributed by atoms with Crippen molar-refractivity contribution < 1.29 is 9.59 Å². The maximum atomic E-state index is 14.7.